The zero-order valence-corrected chi connectivity index (χ0v) is 24.8. The van der Waals surface area contributed by atoms with E-state index in [4.69, 9.17) is 0 Å². The first-order valence-electron chi connectivity index (χ1n) is 11.7. The second kappa shape index (κ2) is 12.5. The third-order valence-corrected chi connectivity index (χ3v) is 8.36. The van der Waals surface area contributed by atoms with Crippen molar-refractivity contribution in [3.8, 4) is 0 Å². The van der Waals surface area contributed by atoms with E-state index in [1.165, 1.54) is 31.8 Å². The van der Waals surface area contributed by atoms with Crippen LogP contribution in [0.3, 0.4) is 0 Å². The number of hydrogen-bond donors (Lipinski definition) is 0. The maximum absolute atomic E-state index is 13.3. The van der Waals surface area contributed by atoms with E-state index in [9.17, 15) is 4.39 Å². The Bertz CT molecular complexity index is 996. The molecule has 3 aromatic rings. The highest BCUT2D eigenvalue weighted by atomic mass is 32.1. The summed E-state index contributed by atoms with van der Waals surface area (Å²) in [5, 5.41) is 2.21. The molecule has 0 aliphatic carbocycles. The monoisotopic (exact) mass is 504 g/mol. The number of thiophene rings is 2. The minimum Gasteiger partial charge on any atom is -0.207 e. The van der Waals surface area contributed by atoms with Crippen LogP contribution in [-0.4, -0.2) is 0 Å². The van der Waals surface area contributed by atoms with Crippen LogP contribution in [-0.2, 0) is 16.2 Å². The first kappa shape index (κ1) is 32.5. The van der Waals surface area contributed by atoms with Crippen LogP contribution in [0.5, 0.6) is 0 Å². The minimum atomic E-state index is -0.104. The van der Waals surface area contributed by atoms with E-state index < -0.39 is 0 Å². The van der Waals surface area contributed by atoms with E-state index in [0.717, 1.165) is 11.1 Å². The van der Waals surface area contributed by atoms with Gasteiger partial charge in [0.05, 0.1) is 0 Å². The molecule has 0 spiro atoms. The van der Waals surface area contributed by atoms with Crippen LogP contribution < -0.4 is 0 Å². The van der Waals surface area contributed by atoms with Gasteiger partial charge in [-0.2, -0.15) is 0 Å². The van der Waals surface area contributed by atoms with Crippen molar-refractivity contribution < 1.29 is 4.39 Å². The number of rotatable bonds is 0. The molecule has 2 aromatic heterocycles. The fraction of sp³-hybridized carbons (Fsp3) is 0.548. The molecule has 0 saturated carbocycles. The van der Waals surface area contributed by atoms with Crippen LogP contribution in [0.1, 0.15) is 107 Å². The molecule has 3 heteroatoms. The topological polar surface area (TPSA) is 0 Å². The average Bonchev–Trinajstić information content (AvgIpc) is 3.23. The first-order valence-corrected chi connectivity index (χ1v) is 13.4. The average molecular weight is 505 g/mol. The Morgan fingerprint density at radius 3 is 1.44 bits per heavy atom. The Hall–Kier alpha value is -1.45. The number of hydrogen-bond acceptors (Lipinski definition) is 2. The molecule has 0 bridgehead atoms. The first-order chi connectivity index (χ1) is 14.8. The second-order valence-electron chi connectivity index (χ2n) is 12.1. The molecule has 1 aromatic carbocycles. The molecule has 0 aliphatic heterocycles. The highest BCUT2D eigenvalue weighted by molar-refractivity contribution is 7.12. The van der Waals surface area contributed by atoms with Gasteiger partial charge >= 0.3 is 0 Å². The lowest BCUT2D eigenvalue weighted by Gasteiger charge is -2.20. The third-order valence-electron chi connectivity index (χ3n) is 5.30. The van der Waals surface area contributed by atoms with Gasteiger partial charge in [0, 0.05) is 14.6 Å². The van der Waals surface area contributed by atoms with Crippen LogP contribution in [0.25, 0.3) is 0 Å². The highest BCUT2D eigenvalue weighted by Gasteiger charge is 2.18. The van der Waals surface area contributed by atoms with E-state index in [1.807, 2.05) is 56.4 Å². The van der Waals surface area contributed by atoms with Gasteiger partial charge < -0.3 is 0 Å². The van der Waals surface area contributed by atoms with Crippen molar-refractivity contribution in [1.82, 2.24) is 0 Å². The summed E-state index contributed by atoms with van der Waals surface area (Å²) in [6, 6.07) is 9.82. The van der Waals surface area contributed by atoms with Gasteiger partial charge in [0.25, 0.3) is 0 Å². The zero-order valence-electron chi connectivity index (χ0n) is 23.2. The van der Waals surface area contributed by atoms with E-state index in [-0.39, 0.29) is 18.7 Å². The minimum absolute atomic E-state index is 0. The van der Waals surface area contributed by atoms with Crippen molar-refractivity contribution >= 4 is 22.7 Å². The maximum atomic E-state index is 13.3. The Morgan fingerprint density at radius 1 is 0.647 bits per heavy atom. The quantitative estimate of drug-likeness (QED) is 0.285. The van der Waals surface area contributed by atoms with Crippen molar-refractivity contribution in [3.63, 3.8) is 0 Å². The SMILES string of the molecule is C.Cc1cc(C(C)(C)C)sc1C.Cc1ccc(F)c(C(C)(C)C)c1.Cc1csc(C(C)(C)C)c1. The molecular formula is C31H49FS2. The highest BCUT2D eigenvalue weighted by Crippen LogP contribution is 2.31. The van der Waals surface area contributed by atoms with Gasteiger partial charge in [0.2, 0.25) is 0 Å². The Morgan fingerprint density at radius 2 is 1.18 bits per heavy atom. The number of aryl methyl sites for hydroxylation is 4. The summed E-state index contributed by atoms with van der Waals surface area (Å²) in [5.74, 6) is -0.104. The van der Waals surface area contributed by atoms with Gasteiger partial charge in [-0.1, -0.05) is 87.4 Å². The summed E-state index contributed by atoms with van der Waals surface area (Å²) in [6.45, 7) is 28.1. The molecule has 34 heavy (non-hydrogen) atoms. The summed E-state index contributed by atoms with van der Waals surface area (Å²) in [7, 11) is 0. The van der Waals surface area contributed by atoms with Gasteiger partial charge in [-0.25, -0.2) is 4.39 Å². The lowest BCUT2D eigenvalue weighted by Crippen LogP contribution is -2.13. The molecule has 0 nitrogen and oxygen atoms in total. The molecule has 0 atom stereocenters. The number of halogens is 1. The van der Waals surface area contributed by atoms with Crippen molar-refractivity contribution in [2.45, 2.75) is 114 Å². The number of benzene rings is 1. The molecule has 192 valence electrons. The van der Waals surface area contributed by atoms with Gasteiger partial charge in [0.15, 0.2) is 0 Å². The van der Waals surface area contributed by atoms with E-state index in [1.54, 1.807) is 6.07 Å². The van der Waals surface area contributed by atoms with Crippen molar-refractivity contribution in [3.05, 3.63) is 78.4 Å². The van der Waals surface area contributed by atoms with E-state index >= 15 is 0 Å². The van der Waals surface area contributed by atoms with Gasteiger partial charge in [-0.3, -0.25) is 0 Å². The van der Waals surface area contributed by atoms with Gasteiger partial charge in [-0.15, -0.1) is 22.7 Å². The summed E-state index contributed by atoms with van der Waals surface area (Å²) < 4.78 is 13.3. The molecule has 0 amide bonds. The molecule has 0 unspecified atom stereocenters. The van der Waals surface area contributed by atoms with Crippen molar-refractivity contribution in [1.29, 1.82) is 0 Å². The molecule has 0 aliphatic rings. The predicted octanol–water partition coefficient (Wildman–Crippen LogP) is 11.1. The molecule has 0 saturated heterocycles. The second-order valence-corrected chi connectivity index (χ2v) is 14.2. The molecule has 3 rings (SSSR count). The predicted molar refractivity (Wildman–Crippen MR) is 157 cm³/mol. The third kappa shape index (κ3) is 10.4. The standard InChI is InChI=1S/C11H15F.C10H16S.C9H14S.CH4/c1-8-5-6-10(12)9(7-8)11(2,3)4;1-7-6-9(10(3,4)5)11-8(7)2;1-7-5-8(10-6-7)9(2,3)4;/h5-7H,1-4H3;6H,1-5H3;5-6H,1-4H3;1H4. The molecular weight excluding hydrogens is 455 g/mol. The smallest absolute Gasteiger partial charge is 0.126 e. The lowest BCUT2D eigenvalue weighted by atomic mass is 9.86. The van der Waals surface area contributed by atoms with E-state index in [2.05, 4.69) is 79.8 Å². The van der Waals surface area contributed by atoms with Gasteiger partial charge in [0.1, 0.15) is 5.82 Å². The summed E-state index contributed by atoms with van der Waals surface area (Å²) >= 11 is 3.78. The Kier molecular flexibility index (Phi) is 12.0. The zero-order chi connectivity index (χ0) is 25.8. The maximum Gasteiger partial charge on any atom is 0.126 e. The van der Waals surface area contributed by atoms with E-state index in [0.29, 0.717) is 10.8 Å². The fourth-order valence-corrected chi connectivity index (χ4v) is 5.06. The molecule has 0 N–H and O–H groups in total. The van der Waals surface area contributed by atoms with Crippen LogP contribution in [0.2, 0.25) is 0 Å². The van der Waals surface area contributed by atoms with Crippen LogP contribution in [0, 0.1) is 33.5 Å². The fourth-order valence-electron chi connectivity index (χ4n) is 2.98. The van der Waals surface area contributed by atoms with Gasteiger partial charge in [-0.05, 0) is 84.2 Å². The van der Waals surface area contributed by atoms with Crippen molar-refractivity contribution in [2.75, 3.05) is 0 Å². The van der Waals surface area contributed by atoms with Crippen LogP contribution >= 0.6 is 22.7 Å². The Balaban J connectivity index is 0.000000475. The van der Waals surface area contributed by atoms with Crippen LogP contribution in [0.4, 0.5) is 4.39 Å². The summed E-state index contributed by atoms with van der Waals surface area (Å²) in [5.41, 5.74) is 5.28. The van der Waals surface area contributed by atoms with Crippen LogP contribution in [0.15, 0.2) is 35.7 Å². The largest absolute Gasteiger partial charge is 0.207 e. The summed E-state index contributed by atoms with van der Waals surface area (Å²) in [6.07, 6.45) is 0. The molecule has 2 heterocycles. The summed E-state index contributed by atoms with van der Waals surface area (Å²) in [4.78, 5) is 4.42. The molecule has 0 fully saturated rings. The molecule has 0 radical (unpaired) electrons. The normalized spacial score (nSPS) is 11.6. The lowest BCUT2D eigenvalue weighted by molar-refractivity contribution is 0.522. The Labute approximate surface area is 218 Å². The van der Waals surface area contributed by atoms with Crippen molar-refractivity contribution in [2.24, 2.45) is 0 Å².